The monoisotopic (exact) mass is 367 g/mol. The molecule has 1 aliphatic heterocycles. The Morgan fingerprint density at radius 2 is 1.85 bits per heavy atom. The molecule has 26 heavy (non-hydrogen) atoms. The number of carbonyl (C=O) groups excluding carboxylic acids is 1. The second-order valence-corrected chi connectivity index (χ2v) is 5.96. The molecule has 0 bridgehead atoms. The van der Waals surface area contributed by atoms with Gasteiger partial charge in [0.25, 0.3) is 5.91 Å². The highest BCUT2D eigenvalue weighted by atomic mass is 35.5. The smallest absolute Gasteiger partial charge is 0.274 e. The molecule has 6 nitrogen and oxygen atoms in total. The molecule has 1 aromatic heterocycles. The molecule has 3 aromatic rings. The zero-order chi connectivity index (χ0) is 17.9. The number of amides is 1. The number of anilines is 3. The maximum Gasteiger partial charge on any atom is 0.274 e. The Morgan fingerprint density at radius 1 is 1.00 bits per heavy atom. The van der Waals surface area contributed by atoms with Crippen LogP contribution in [0.1, 0.15) is 10.5 Å². The van der Waals surface area contributed by atoms with Crippen LogP contribution in [0.4, 0.5) is 17.1 Å². The highest BCUT2D eigenvalue weighted by Gasteiger charge is 2.15. The number of nitrogens with one attached hydrogen (secondary N) is 2. The number of fused-ring (bicyclic) bond motifs is 1. The van der Waals surface area contributed by atoms with Crippen molar-refractivity contribution in [3.05, 3.63) is 71.5 Å². The Balaban J connectivity index is 1.51. The fourth-order valence-electron chi connectivity index (χ4n) is 2.52. The first kappa shape index (κ1) is 16.2. The Hall–Kier alpha value is -3.25. The van der Waals surface area contributed by atoms with Gasteiger partial charge in [-0.3, -0.25) is 9.78 Å². The van der Waals surface area contributed by atoms with Crippen molar-refractivity contribution >= 4 is 34.6 Å². The third-order valence-electron chi connectivity index (χ3n) is 3.78. The third-order valence-corrected chi connectivity index (χ3v) is 4.11. The summed E-state index contributed by atoms with van der Waals surface area (Å²) < 4.78 is 10.6. The molecule has 0 fully saturated rings. The van der Waals surface area contributed by atoms with E-state index in [1.165, 1.54) is 0 Å². The largest absolute Gasteiger partial charge is 0.454 e. The van der Waals surface area contributed by atoms with E-state index < -0.39 is 0 Å². The van der Waals surface area contributed by atoms with Crippen molar-refractivity contribution in [3.63, 3.8) is 0 Å². The maximum absolute atomic E-state index is 12.5. The minimum absolute atomic E-state index is 0.185. The average molecular weight is 368 g/mol. The number of halogens is 1. The fourth-order valence-corrected chi connectivity index (χ4v) is 2.70. The molecule has 1 amide bonds. The minimum atomic E-state index is -0.327. The van der Waals surface area contributed by atoms with Gasteiger partial charge in [0.15, 0.2) is 11.5 Å². The first-order valence-corrected chi connectivity index (χ1v) is 8.25. The summed E-state index contributed by atoms with van der Waals surface area (Å²) in [6.45, 7) is 0.185. The summed E-state index contributed by atoms with van der Waals surface area (Å²) >= 11 is 6.15. The number of aromatic nitrogens is 1. The Bertz CT molecular complexity index is 978. The fraction of sp³-hybridized carbons (Fsp3) is 0.0526. The zero-order valence-corrected chi connectivity index (χ0v) is 14.3. The zero-order valence-electron chi connectivity index (χ0n) is 13.5. The van der Waals surface area contributed by atoms with Gasteiger partial charge < -0.3 is 20.1 Å². The van der Waals surface area contributed by atoms with E-state index in [1.807, 2.05) is 18.2 Å². The highest BCUT2D eigenvalue weighted by Crippen LogP contribution is 2.34. The van der Waals surface area contributed by atoms with Gasteiger partial charge in [0.05, 0.1) is 10.7 Å². The lowest BCUT2D eigenvalue weighted by atomic mass is 10.2. The molecule has 7 heteroatoms. The molecule has 0 aliphatic carbocycles. The van der Waals surface area contributed by atoms with Crippen molar-refractivity contribution in [1.29, 1.82) is 0 Å². The number of pyridine rings is 1. The van der Waals surface area contributed by atoms with Crippen molar-refractivity contribution < 1.29 is 14.3 Å². The molecule has 2 N–H and O–H groups in total. The van der Waals surface area contributed by atoms with Crippen molar-refractivity contribution in [2.45, 2.75) is 0 Å². The first-order chi connectivity index (χ1) is 12.7. The van der Waals surface area contributed by atoms with E-state index >= 15 is 0 Å². The quantitative estimate of drug-likeness (QED) is 0.712. The molecular weight excluding hydrogens is 354 g/mol. The van der Waals surface area contributed by atoms with E-state index in [9.17, 15) is 4.79 Å². The summed E-state index contributed by atoms with van der Waals surface area (Å²) in [4.78, 5) is 16.6. The lowest BCUT2D eigenvalue weighted by Crippen LogP contribution is -2.13. The number of para-hydroxylation sites is 1. The van der Waals surface area contributed by atoms with Gasteiger partial charge in [-0.15, -0.1) is 0 Å². The molecule has 0 spiro atoms. The van der Waals surface area contributed by atoms with Crippen LogP contribution in [0.2, 0.25) is 5.02 Å². The molecular formula is C19H14ClN3O3. The van der Waals surface area contributed by atoms with Crippen LogP contribution in [0.3, 0.4) is 0 Å². The number of ether oxygens (including phenoxy) is 2. The molecule has 130 valence electrons. The van der Waals surface area contributed by atoms with Crippen LogP contribution in [-0.4, -0.2) is 17.7 Å². The molecule has 0 saturated carbocycles. The number of hydrogen-bond donors (Lipinski definition) is 2. The van der Waals surface area contributed by atoms with E-state index in [2.05, 4.69) is 15.6 Å². The van der Waals surface area contributed by atoms with E-state index in [4.69, 9.17) is 21.1 Å². The summed E-state index contributed by atoms with van der Waals surface area (Å²) in [7, 11) is 0. The van der Waals surface area contributed by atoms with Crippen LogP contribution < -0.4 is 20.1 Å². The molecule has 0 radical (unpaired) electrons. The number of rotatable bonds is 4. The van der Waals surface area contributed by atoms with Gasteiger partial charge in [-0.2, -0.15) is 0 Å². The third kappa shape index (κ3) is 3.41. The average Bonchev–Trinajstić information content (AvgIpc) is 3.12. The summed E-state index contributed by atoms with van der Waals surface area (Å²) in [5.74, 6) is 0.934. The van der Waals surface area contributed by atoms with Crippen molar-refractivity contribution in [2.75, 3.05) is 17.4 Å². The Labute approximate surface area is 154 Å². The number of hydrogen-bond acceptors (Lipinski definition) is 5. The molecule has 2 heterocycles. The van der Waals surface area contributed by atoms with Gasteiger partial charge >= 0.3 is 0 Å². The van der Waals surface area contributed by atoms with Crippen LogP contribution in [-0.2, 0) is 0 Å². The van der Waals surface area contributed by atoms with E-state index in [0.29, 0.717) is 27.9 Å². The minimum Gasteiger partial charge on any atom is -0.454 e. The predicted octanol–water partition coefficient (Wildman–Crippen LogP) is 4.46. The predicted molar refractivity (Wildman–Crippen MR) is 99.5 cm³/mol. The number of nitrogens with zero attached hydrogens (tertiary/aromatic N) is 1. The summed E-state index contributed by atoms with van der Waals surface area (Å²) in [5, 5.41) is 6.57. The number of carbonyl (C=O) groups is 1. The second kappa shape index (κ2) is 6.93. The van der Waals surface area contributed by atoms with Gasteiger partial charge in [-0.1, -0.05) is 23.7 Å². The topological polar surface area (TPSA) is 72.5 Å². The summed E-state index contributed by atoms with van der Waals surface area (Å²) in [6.07, 6.45) is 1.56. The molecule has 1 aliphatic rings. The van der Waals surface area contributed by atoms with E-state index in [1.54, 1.807) is 42.6 Å². The second-order valence-electron chi connectivity index (χ2n) is 5.56. The Morgan fingerprint density at radius 3 is 2.73 bits per heavy atom. The molecule has 0 unspecified atom stereocenters. The van der Waals surface area contributed by atoms with Gasteiger partial charge in [-0.05, 0) is 36.4 Å². The van der Waals surface area contributed by atoms with Crippen molar-refractivity contribution in [3.8, 4) is 11.5 Å². The molecule has 0 saturated heterocycles. The first-order valence-electron chi connectivity index (χ1n) is 7.88. The highest BCUT2D eigenvalue weighted by molar-refractivity contribution is 6.33. The molecule has 2 aromatic carbocycles. The van der Waals surface area contributed by atoms with Gasteiger partial charge in [0.1, 0.15) is 5.69 Å². The van der Waals surface area contributed by atoms with E-state index in [0.717, 1.165) is 5.69 Å². The SMILES string of the molecule is O=C(Nc1ccc2c(c1)OCO2)c1cc(Nc2ccccc2Cl)ccn1. The van der Waals surface area contributed by atoms with Crippen LogP contribution >= 0.6 is 11.6 Å². The lowest BCUT2D eigenvalue weighted by Gasteiger charge is -2.10. The van der Waals surface area contributed by atoms with E-state index in [-0.39, 0.29) is 18.4 Å². The van der Waals surface area contributed by atoms with Gasteiger partial charge in [-0.25, -0.2) is 0 Å². The van der Waals surface area contributed by atoms with Crippen molar-refractivity contribution in [2.24, 2.45) is 0 Å². The summed E-state index contributed by atoms with van der Waals surface area (Å²) in [5.41, 5.74) is 2.34. The van der Waals surface area contributed by atoms with Gasteiger partial charge in [0, 0.05) is 23.6 Å². The van der Waals surface area contributed by atoms with Crippen LogP contribution in [0.15, 0.2) is 60.8 Å². The van der Waals surface area contributed by atoms with Crippen molar-refractivity contribution in [1.82, 2.24) is 4.98 Å². The van der Waals surface area contributed by atoms with Gasteiger partial charge in [0.2, 0.25) is 6.79 Å². The molecule has 4 rings (SSSR count). The molecule has 0 atom stereocenters. The van der Waals surface area contributed by atoms with Crippen LogP contribution in [0.25, 0.3) is 0 Å². The van der Waals surface area contributed by atoms with Crippen LogP contribution in [0, 0.1) is 0 Å². The summed E-state index contributed by atoms with van der Waals surface area (Å²) in [6, 6.07) is 16.0. The van der Waals surface area contributed by atoms with Crippen LogP contribution in [0.5, 0.6) is 11.5 Å². The Kier molecular flexibility index (Phi) is 4.33. The lowest BCUT2D eigenvalue weighted by molar-refractivity contribution is 0.102. The number of benzene rings is 2. The standard InChI is InChI=1S/C19H14ClN3O3/c20-14-3-1-2-4-15(14)22-13-7-8-21-16(9-13)19(24)23-12-5-6-17-18(10-12)26-11-25-17/h1-10H,11H2,(H,21,22)(H,23,24). The maximum atomic E-state index is 12.5. The normalized spacial score (nSPS) is 11.9.